The van der Waals surface area contributed by atoms with Gasteiger partial charge in [-0.05, 0) is 36.8 Å². The molecule has 0 saturated heterocycles. The molecule has 0 bridgehead atoms. The van der Waals surface area contributed by atoms with E-state index in [9.17, 15) is 4.79 Å². The number of rotatable bonds is 5. The molecule has 3 heteroatoms. The van der Waals surface area contributed by atoms with Crippen LogP contribution in [0.3, 0.4) is 0 Å². The van der Waals surface area contributed by atoms with Crippen molar-refractivity contribution in [2.75, 3.05) is 11.9 Å². The molecule has 19 heavy (non-hydrogen) atoms. The number of thiol groups is 1. The number of hydrogen-bond acceptors (Lipinski definition) is 3. The van der Waals surface area contributed by atoms with Gasteiger partial charge in [-0.3, -0.25) is 4.79 Å². The molecular formula is C16H17NOS. The first-order chi connectivity index (χ1) is 9.24. The van der Waals surface area contributed by atoms with E-state index in [2.05, 4.69) is 17.9 Å². The first-order valence-corrected chi connectivity index (χ1v) is 6.96. The van der Waals surface area contributed by atoms with E-state index >= 15 is 0 Å². The minimum Gasteiger partial charge on any atom is -0.385 e. The second-order valence-electron chi connectivity index (χ2n) is 4.29. The molecule has 2 rings (SSSR count). The lowest BCUT2D eigenvalue weighted by Crippen LogP contribution is -2.02. The number of ketones is 1. The highest BCUT2D eigenvalue weighted by Crippen LogP contribution is 2.15. The SMILES string of the molecule is CCNc1ccc(C(=O)c2ccc(CS)cc2)cc1. The Labute approximate surface area is 119 Å². The van der Waals surface area contributed by atoms with E-state index in [-0.39, 0.29) is 5.78 Å². The number of anilines is 1. The highest BCUT2D eigenvalue weighted by Gasteiger charge is 2.08. The highest BCUT2D eigenvalue weighted by molar-refractivity contribution is 7.79. The summed E-state index contributed by atoms with van der Waals surface area (Å²) in [5.41, 5.74) is 3.56. The molecule has 0 radical (unpaired) electrons. The van der Waals surface area contributed by atoms with Gasteiger partial charge in [-0.2, -0.15) is 12.6 Å². The largest absolute Gasteiger partial charge is 0.385 e. The third-order valence-corrected chi connectivity index (χ3v) is 3.29. The summed E-state index contributed by atoms with van der Waals surface area (Å²) < 4.78 is 0. The van der Waals surface area contributed by atoms with Gasteiger partial charge in [-0.1, -0.05) is 24.3 Å². The number of carbonyl (C=O) groups excluding carboxylic acids is 1. The number of nitrogens with one attached hydrogen (secondary N) is 1. The lowest BCUT2D eigenvalue weighted by molar-refractivity contribution is 0.103. The molecule has 0 aromatic heterocycles. The summed E-state index contributed by atoms with van der Waals surface area (Å²) in [6.45, 7) is 2.92. The summed E-state index contributed by atoms with van der Waals surface area (Å²) in [5, 5.41) is 3.21. The van der Waals surface area contributed by atoms with Crippen LogP contribution in [0.1, 0.15) is 28.4 Å². The van der Waals surface area contributed by atoms with Crippen LogP contribution >= 0.6 is 12.6 Å². The second kappa shape index (κ2) is 6.43. The van der Waals surface area contributed by atoms with Gasteiger partial charge >= 0.3 is 0 Å². The zero-order valence-electron chi connectivity index (χ0n) is 10.9. The molecule has 0 amide bonds. The Morgan fingerprint density at radius 2 is 1.53 bits per heavy atom. The summed E-state index contributed by atoms with van der Waals surface area (Å²) in [5.74, 6) is 0.736. The molecule has 2 aromatic rings. The van der Waals surface area contributed by atoms with Crippen molar-refractivity contribution in [3.8, 4) is 0 Å². The van der Waals surface area contributed by atoms with Gasteiger partial charge in [-0.15, -0.1) is 0 Å². The maximum atomic E-state index is 12.3. The molecule has 0 saturated carbocycles. The van der Waals surface area contributed by atoms with E-state index in [1.165, 1.54) is 0 Å². The van der Waals surface area contributed by atoms with Gasteiger partial charge in [0.1, 0.15) is 0 Å². The summed E-state index contributed by atoms with van der Waals surface area (Å²) in [6.07, 6.45) is 0. The normalized spacial score (nSPS) is 10.2. The lowest BCUT2D eigenvalue weighted by atomic mass is 10.0. The maximum absolute atomic E-state index is 12.3. The molecule has 0 atom stereocenters. The standard InChI is InChI=1S/C16H17NOS/c1-2-17-15-9-7-14(8-10-15)16(18)13-5-3-12(11-19)4-6-13/h3-10,17,19H,2,11H2,1H3. The predicted molar refractivity (Wildman–Crippen MR) is 83.2 cm³/mol. The van der Waals surface area contributed by atoms with E-state index in [1.54, 1.807) is 0 Å². The fraction of sp³-hybridized carbons (Fsp3) is 0.188. The van der Waals surface area contributed by atoms with Gasteiger partial charge in [0.2, 0.25) is 0 Å². The van der Waals surface area contributed by atoms with E-state index in [0.717, 1.165) is 17.8 Å². The van der Waals surface area contributed by atoms with Gasteiger partial charge in [0.05, 0.1) is 0 Å². The van der Waals surface area contributed by atoms with Gasteiger partial charge in [0.15, 0.2) is 5.78 Å². The van der Waals surface area contributed by atoms with Crippen molar-refractivity contribution in [3.63, 3.8) is 0 Å². The predicted octanol–water partition coefficient (Wildman–Crippen LogP) is 3.78. The summed E-state index contributed by atoms with van der Waals surface area (Å²) >= 11 is 4.21. The molecular weight excluding hydrogens is 254 g/mol. The van der Waals surface area contributed by atoms with Gasteiger partial charge in [0.25, 0.3) is 0 Å². The summed E-state index contributed by atoms with van der Waals surface area (Å²) in [6, 6.07) is 15.1. The van der Waals surface area contributed by atoms with Crippen molar-refractivity contribution in [3.05, 3.63) is 65.2 Å². The molecule has 2 aromatic carbocycles. The number of carbonyl (C=O) groups is 1. The Kier molecular flexibility index (Phi) is 4.63. The third kappa shape index (κ3) is 3.38. The van der Waals surface area contributed by atoms with Crippen LogP contribution in [-0.2, 0) is 5.75 Å². The Balaban J connectivity index is 2.18. The van der Waals surface area contributed by atoms with Crippen LogP contribution in [0.15, 0.2) is 48.5 Å². The van der Waals surface area contributed by atoms with Crippen LogP contribution in [0, 0.1) is 0 Å². The monoisotopic (exact) mass is 271 g/mol. The molecule has 1 N–H and O–H groups in total. The van der Waals surface area contributed by atoms with Gasteiger partial charge in [-0.25, -0.2) is 0 Å². The minimum absolute atomic E-state index is 0.0498. The first-order valence-electron chi connectivity index (χ1n) is 6.33. The first kappa shape index (κ1) is 13.7. The molecule has 0 heterocycles. The zero-order valence-corrected chi connectivity index (χ0v) is 11.8. The smallest absolute Gasteiger partial charge is 0.193 e. The van der Waals surface area contributed by atoms with Crippen LogP contribution in [0.5, 0.6) is 0 Å². The Morgan fingerprint density at radius 1 is 1.00 bits per heavy atom. The Morgan fingerprint density at radius 3 is 2.00 bits per heavy atom. The molecule has 2 nitrogen and oxygen atoms in total. The number of hydrogen-bond donors (Lipinski definition) is 2. The third-order valence-electron chi connectivity index (χ3n) is 2.93. The molecule has 0 aliphatic rings. The van der Waals surface area contributed by atoms with Crippen molar-refractivity contribution in [1.82, 2.24) is 0 Å². The quantitative estimate of drug-likeness (QED) is 0.640. The van der Waals surface area contributed by atoms with Gasteiger partial charge < -0.3 is 5.32 Å². The van der Waals surface area contributed by atoms with E-state index in [4.69, 9.17) is 0 Å². The minimum atomic E-state index is 0.0498. The molecule has 0 unspecified atom stereocenters. The lowest BCUT2D eigenvalue weighted by Gasteiger charge is -2.05. The van der Waals surface area contributed by atoms with Crippen LogP contribution < -0.4 is 5.32 Å². The zero-order chi connectivity index (χ0) is 13.7. The highest BCUT2D eigenvalue weighted by atomic mass is 32.1. The average molecular weight is 271 g/mol. The second-order valence-corrected chi connectivity index (χ2v) is 4.61. The number of benzene rings is 2. The molecule has 0 spiro atoms. The van der Waals surface area contributed by atoms with Crippen LogP contribution in [0.25, 0.3) is 0 Å². The molecule has 98 valence electrons. The Hall–Kier alpha value is -1.74. The van der Waals surface area contributed by atoms with Crippen LogP contribution in [0.4, 0.5) is 5.69 Å². The average Bonchev–Trinajstić information content (AvgIpc) is 2.48. The van der Waals surface area contributed by atoms with Crippen molar-refractivity contribution < 1.29 is 4.79 Å². The van der Waals surface area contributed by atoms with Crippen LogP contribution in [-0.4, -0.2) is 12.3 Å². The van der Waals surface area contributed by atoms with Crippen molar-refractivity contribution in [2.24, 2.45) is 0 Å². The van der Waals surface area contributed by atoms with E-state index in [1.807, 2.05) is 55.5 Å². The maximum Gasteiger partial charge on any atom is 0.193 e. The Bertz CT molecular complexity index is 546. The van der Waals surface area contributed by atoms with E-state index in [0.29, 0.717) is 16.9 Å². The van der Waals surface area contributed by atoms with Crippen molar-refractivity contribution >= 4 is 24.1 Å². The fourth-order valence-corrected chi connectivity index (χ4v) is 2.08. The molecule has 0 aliphatic carbocycles. The summed E-state index contributed by atoms with van der Waals surface area (Å²) in [4.78, 5) is 12.3. The molecule has 0 fully saturated rings. The van der Waals surface area contributed by atoms with Crippen molar-refractivity contribution in [2.45, 2.75) is 12.7 Å². The fourth-order valence-electron chi connectivity index (χ4n) is 1.87. The van der Waals surface area contributed by atoms with Gasteiger partial charge in [0, 0.05) is 29.1 Å². The summed E-state index contributed by atoms with van der Waals surface area (Å²) in [7, 11) is 0. The molecule has 0 aliphatic heterocycles. The van der Waals surface area contributed by atoms with Crippen molar-refractivity contribution in [1.29, 1.82) is 0 Å². The van der Waals surface area contributed by atoms with Crippen LogP contribution in [0.2, 0.25) is 0 Å². The topological polar surface area (TPSA) is 29.1 Å². The van der Waals surface area contributed by atoms with E-state index < -0.39 is 0 Å².